The fraction of sp³-hybridized carbons (Fsp3) is 0.880. The third-order valence-corrected chi connectivity index (χ3v) is 16.6. The summed E-state index contributed by atoms with van der Waals surface area (Å²) in [5, 5.41) is 0. The maximum Gasteiger partial charge on any atom is 0.306 e. The highest BCUT2D eigenvalue weighted by atomic mass is 16.6. The Morgan fingerprint density at radius 3 is 0.691 bits per heavy atom. The molecule has 0 saturated carbocycles. The SMILES string of the molecule is CCCCCCC/C=C\C/C=C\CCCCCCCCCCCCCCCCCCCC(=O)OCC(COC(=O)CCCCCCCCCCCCCCCCCCC)OC(=O)CCCCCCCCC/C=C\CCCCCCCC. The molecular formula is C75H140O6. The van der Waals surface area contributed by atoms with Gasteiger partial charge in [-0.05, 0) is 77.0 Å². The van der Waals surface area contributed by atoms with Crippen LogP contribution in [0.25, 0.3) is 0 Å². The van der Waals surface area contributed by atoms with Crippen molar-refractivity contribution in [3.05, 3.63) is 36.5 Å². The van der Waals surface area contributed by atoms with E-state index in [9.17, 15) is 14.4 Å². The molecule has 0 aliphatic rings. The van der Waals surface area contributed by atoms with Crippen LogP contribution >= 0.6 is 0 Å². The molecule has 0 aromatic rings. The second-order valence-electron chi connectivity index (χ2n) is 24.9. The van der Waals surface area contributed by atoms with Crippen LogP contribution in [0.2, 0.25) is 0 Å². The van der Waals surface area contributed by atoms with Gasteiger partial charge in [0.05, 0.1) is 0 Å². The Morgan fingerprint density at radius 2 is 0.444 bits per heavy atom. The van der Waals surface area contributed by atoms with Gasteiger partial charge in [0.25, 0.3) is 0 Å². The molecular weight excluding hydrogens is 997 g/mol. The van der Waals surface area contributed by atoms with Crippen LogP contribution in [0.3, 0.4) is 0 Å². The summed E-state index contributed by atoms with van der Waals surface area (Å²) in [6.45, 7) is 6.70. The minimum absolute atomic E-state index is 0.0676. The van der Waals surface area contributed by atoms with Crippen molar-refractivity contribution in [2.75, 3.05) is 13.2 Å². The Balaban J connectivity index is 4.22. The minimum Gasteiger partial charge on any atom is -0.462 e. The molecule has 6 nitrogen and oxygen atoms in total. The van der Waals surface area contributed by atoms with Crippen LogP contribution in [-0.4, -0.2) is 37.2 Å². The van der Waals surface area contributed by atoms with Gasteiger partial charge < -0.3 is 14.2 Å². The van der Waals surface area contributed by atoms with Crippen molar-refractivity contribution in [3.63, 3.8) is 0 Å². The molecule has 0 spiro atoms. The Labute approximate surface area is 506 Å². The van der Waals surface area contributed by atoms with E-state index in [1.165, 1.54) is 302 Å². The topological polar surface area (TPSA) is 78.9 Å². The standard InChI is InChI=1S/C75H140O6/c1-4-7-10-13-16-19-22-25-28-31-32-33-34-35-36-37-38-39-40-41-42-45-47-50-53-56-59-62-65-68-74(77)80-71-72(81-75(78)69-66-63-60-57-54-51-48-44-30-27-24-21-18-15-12-9-6-3)70-79-73(76)67-64-61-58-55-52-49-46-43-29-26-23-20-17-14-11-8-5-2/h22,25,27,30-32,72H,4-21,23-24,26,28-29,33-71H2,1-3H3/b25-22-,30-27-,32-31-. The lowest BCUT2D eigenvalue weighted by atomic mass is 10.0. The van der Waals surface area contributed by atoms with Crippen LogP contribution < -0.4 is 0 Å². The predicted molar refractivity (Wildman–Crippen MR) is 353 cm³/mol. The molecule has 0 aromatic heterocycles. The second-order valence-corrected chi connectivity index (χ2v) is 24.9. The lowest BCUT2D eigenvalue weighted by Crippen LogP contribution is -2.30. The lowest BCUT2D eigenvalue weighted by Gasteiger charge is -2.18. The third kappa shape index (κ3) is 68.3. The number of carbonyl (C=O) groups is 3. The lowest BCUT2D eigenvalue weighted by molar-refractivity contribution is -0.167. The highest BCUT2D eigenvalue weighted by Crippen LogP contribution is 2.19. The number of hydrogen-bond acceptors (Lipinski definition) is 6. The zero-order valence-corrected chi connectivity index (χ0v) is 54.8. The van der Waals surface area contributed by atoms with Gasteiger partial charge >= 0.3 is 17.9 Å². The molecule has 0 aromatic carbocycles. The summed E-state index contributed by atoms with van der Waals surface area (Å²) in [5.41, 5.74) is 0. The van der Waals surface area contributed by atoms with Gasteiger partial charge in [0, 0.05) is 19.3 Å². The molecule has 0 heterocycles. The van der Waals surface area contributed by atoms with E-state index < -0.39 is 6.10 Å². The summed E-state index contributed by atoms with van der Waals surface area (Å²) in [7, 11) is 0. The van der Waals surface area contributed by atoms with Gasteiger partial charge in [0.15, 0.2) is 6.10 Å². The largest absolute Gasteiger partial charge is 0.462 e. The summed E-state index contributed by atoms with van der Waals surface area (Å²) in [5.74, 6) is -0.840. The molecule has 0 aliphatic heterocycles. The molecule has 1 atom stereocenters. The smallest absolute Gasteiger partial charge is 0.306 e. The van der Waals surface area contributed by atoms with E-state index >= 15 is 0 Å². The average molecular weight is 1140 g/mol. The van der Waals surface area contributed by atoms with E-state index in [4.69, 9.17) is 14.2 Å². The van der Waals surface area contributed by atoms with E-state index in [1.807, 2.05) is 0 Å². The van der Waals surface area contributed by atoms with E-state index in [2.05, 4.69) is 57.2 Å². The molecule has 0 fully saturated rings. The average Bonchev–Trinajstić information content (AvgIpc) is 3.47. The Hall–Kier alpha value is -2.37. The molecule has 0 radical (unpaired) electrons. The van der Waals surface area contributed by atoms with Crippen LogP contribution in [0.5, 0.6) is 0 Å². The fourth-order valence-corrected chi connectivity index (χ4v) is 11.1. The van der Waals surface area contributed by atoms with Gasteiger partial charge in [0.2, 0.25) is 0 Å². The van der Waals surface area contributed by atoms with Crippen molar-refractivity contribution in [2.45, 2.75) is 412 Å². The van der Waals surface area contributed by atoms with E-state index in [-0.39, 0.29) is 31.1 Å². The van der Waals surface area contributed by atoms with Crippen molar-refractivity contribution in [1.82, 2.24) is 0 Å². The van der Waals surface area contributed by atoms with Crippen LogP contribution in [0.1, 0.15) is 406 Å². The normalized spacial score (nSPS) is 12.2. The van der Waals surface area contributed by atoms with Gasteiger partial charge in [-0.15, -0.1) is 0 Å². The Morgan fingerprint density at radius 1 is 0.247 bits per heavy atom. The van der Waals surface area contributed by atoms with Crippen LogP contribution in [-0.2, 0) is 28.6 Å². The number of hydrogen-bond donors (Lipinski definition) is 0. The summed E-state index contributed by atoms with van der Waals surface area (Å²) in [6.07, 6.45) is 87.5. The third-order valence-electron chi connectivity index (χ3n) is 16.6. The highest BCUT2D eigenvalue weighted by Gasteiger charge is 2.19. The first-order valence-electron chi connectivity index (χ1n) is 36.5. The molecule has 476 valence electrons. The van der Waals surface area contributed by atoms with Crippen molar-refractivity contribution >= 4 is 17.9 Å². The molecule has 0 saturated heterocycles. The quantitative estimate of drug-likeness (QED) is 0.0261. The van der Waals surface area contributed by atoms with Crippen molar-refractivity contribution in [2.24, 2.45) is 0 Å². The number of unbranched alkanes of at least 4 members (excludes halogenated alkanes) is 51. The molecule has 0 bridgehead atoms. The maximum atomic E-state index is 12.9. The Kier molecular flexibility index (Phi) is 68.1. The molecule has 0 aliphatic carbocycles. The fourth-order valence-electron chi connectivity index (χ4n) is 11.1. The zero-order chi connectivity index (χ0) is 58.5. The second kappa shape index (κ2) is 70.1. The number of esters is 3. The molecule has 1 unspecified atom stereocenters. The summed E-state index contributed by atoms with van der Waals surface area (Å²) < 4.78 is 17.0. The predicted octanol–water partition coefficient (Wildman–Crippen LogP) is 25.1. The number of rotatable bonds is 68. The van der Waals surface area contributed by atoms with Gasteiger partial charge in [-0.3, -0.25) is 14.4 Å². The summed E-state index contributed by atoms with van der Waals surface area (Å²) in [6, 6.07) is 0. The minimum atomic E-state index is -0.772. The van der Waals surface area contributed by atoms with Crippen molar-refractivity contribution in [1.29, 1.82) is 0 Å². The van der Waals surface area contributed by atoms with Crippen LogP contribution in [0.15, 0.2) is 36.5 Å². The number of carbonyl (C=O) groups excluding carboxylic acids is 3. The monoisotopic (exact) mass is 1140 g/mol. The summed E-state index contributed by atoms with van der Waals surface area (Å²) >= 11 is 0. The molecule has 81 heavy (non-hydrogen) atoms. The maximum absolute atomic E-state index is 12.9. The van der Waals surface area contributed by atoms with Crippen LogP contribution in [0.4, 0.5) is 0 Å². The van der Waals surface area contributed by atoms with Crippen molar-refractivity contribution in [3.8, 4) is 0 Å². The van der Waals surface area contributed by atoms with Gasteiger partial charge in [-0.25, -0.2) is 0 Å². The highest BCUT2D eigenvalue weighted by molar-refractivity contribution is 5.71. The van der Waals surface area contributed by atoms with Gasteiger partial charge in [0.1, 0.15) is 13.2 Å². The first-order chi connectivity index (χ1) is 40.0. The molecule has 0 N–H and O–H groups in total. The van der Waals surface area contributed by atoms with Gasteiger partial charge in [-0.2, -0.15) is 0 Å². The zero-order valence-electron chi connectivity index (χ0n) is 54.8. The molecule has 0 rings (SSSR count). The Bertz CT molecular complexity index is 1350. The summed E-state index contributed by atoms with van der Waals surface area (Å²) in [4.78, 5) is 38.5. The molecule has 6 heteroatoms. The number of ether oxygens (including phenoxy) is 3. The number of allylic oxidation sites excluding steroid dienone is 6. The van der Waals surface area contributed by atoms with E-state index in [0.717, 1.165) is 64.2 Å². The van der Waals surface area contributed by atoms with Gasteiger partial charge in [-0.1, -0.05) is 346 Å². The van der Waals surface area contributed by atoms with Crippen LogP contribution in [0, 0.1) is 0 Å². The van der Waals surface area contributed by atoms with E-state index in [0.29, 0.717) is 19.3 Å². The molecule has 0 amide bonds. The first-order valence-corrected chi connectivity index (χ1v) is 36.5. The first kappa shape index (κ1) is 78.6. The van der Waals surface area contributed by atoms with Crippen molar-refractivity contribution < 1.29 is 28.6 Å². The van der Waals surface area contributed by atoms with E-state index in [1.54, 1.807) is 0 Å².